The van der Waals surface area contributed by atoms with Crippen LogP contribution in [0.25, 0.3) is 6.08 Å². The molecule has 0 unspecified atom stereocenters. The largest absolute Gasteiger partial charge is 0.495 e. The monoisotopic (exact) mass is 604 g/mol. The molecule has 220 valence electrons. The Kier molecular flexibility index (Phi) is 9.41. The van der Waals surface area contributed by atoms with Crippen molar-refractivity contribution in [1.29, 1.82) is 0 Å². The van der Waals surface area contributed by atoms with Gasteiger partial charge in [0.05, 0.1) is 29.9 Å². The van der Waals surface area contributed by atoms with Gasteiger partial charge in [-0.05, 0) is 66.7 Å². The van der Waals surface area contributed by atoms with Crippen molar-refractivity contribution in [2.75, 3.05) is 25.6 Å². The van der Waals surface area contributed by atoms with Gasteiger partial charge in [0.2, 0.25) is 5.91 Å². The Morgan fingerprint density at radius 3 is 2.43 bits per heavy atom. The average Bonchev–Trinajstić information content (AvgIpc) is 3.20. The zero-order valence-electron chi connectivity index (χ0n) is 22.3. The van der Waals surface area contributed by atoms with Gasteiger partial charge in [-0.25, -0.2) is 4.39 Å². The van der Waals surface area contributed by atoms with Crippen molar-refractivity contribution < 1.29 is 46.2 Å². The summed E-state index contributed by atoms with van der Waals surface area (Å²) in [5.74, 6) is -1.43. The third kappa shape index (κ3) is 7.21. The van der Waals surface area contributed by atoms with E-state index in [2.05, 4.69) is 5.32 Å². The molecule has 0 bridgehead atoms. The second-order valence-corrected chi connectivity index (χ2v) is 9.74. The van der Waals surface area contributed by atoms with E-state index in [9.17, 15) is 31.9 Å². The van der Waals surface area contributed by atoms with Crippen LogP contribution >= 0.6 is 11.8 Å². The number of hydrogen-bond donors (Lipinski definition) is 1. The lowest BCUT2D eigenvalue weighted by molar-refractivity contribution is -0.137. The Hall–Kier alpha value is -4.52. The first kappa shape index (κ1) is 30.4. The molecule has 42 heavy (non-hydrogen) atoms. The maximum Gasteiger partial charge on any atom is 0.416 e. The number of amides is 3. The number of benzene rings is 3. The van der Waals surface area contributed by atoms with Gasteiger partial charge in [0.1, 0.15) is 24.7 Å². The molecule has 1 heterocycles. The molecular weight excluding hydrogens is 580 g/mol. The smallest absolute Gasteiger partial charge is 0.416 e. The summed E-state index contributed by atoms with van der Waals surface area (Å²) in [5, 5.41) is 1.54. The SMILES string of the molecule is CCOc1cc(/C=C2\SC(=O)N(CC(=O)Nc3cc(C(F)(F)F)ccc3OC)C2=O)ccc1OCc1ccccc1F. The molecule has 4 rings (SSSR count). The molecule has 0 aromatic heterocycles. The van der Waals surface area contributed by atoms with Crippen molar-refractivity contribution >= 4 is 40.6 Å². The first-order valence-electron chi connectivity index (χ1n) is 12.4. The van der Waals surface area contributed by atoms with Crippen LogP contribution in [0.3, 0.4) is 0 Å². The molecule has 3 amide bonds. The number of methoxy groups -OCH3 is 1. The summed E-state index contributed by atoms with van der Waals surface area (Å²) in [4.78, 5) is 38.8. The molecule has 0 spiro atoms. The number of carbonyl (C=O) groups excluding carboxylic acids is 3. The number of carbonyl (C=O) groups is 3. The lowest BCUT2D eigenvalue weighted by atomic mass is 10.1. The first-order valence-corrected chi connectivity index (χ1v) is 13.2. The second kappa shape index (κ2) is 13.0. The quantitative estimate of drug-likeness (QED) is 0.208. The molecule has 3 aromatic carbocycles. The van der Waals surface area contributed by atoms with E-state index in [1.165, 1.54) is 19.3 Å². The Balaban J connectivity index is 1.47. The highest BCUT2D eigenvalue weighted by Gasteiger charge is 2.37. The maximum absolute atomic E-state index is 14.0. The van der Waals surface area contributed by atoms with Crippen LogP contribution in [0.4, 0.5) is 28.0 Å². The highest BCUT2D eigenvalue weighted by molar-refractivity contribution is 8.18. The standard InChI is InChI=1S/C29H24F4N2O6S/c1-3-40-24-12-17(8-10-23(24)41-16-18-6-4-5-7-20(18)30)13-25-27(37)35(28(38)42-25)15-26(36)34-21-14-19(29(31,32)33)9-11-22(21)39-2/h4-14H,3,15-16H2,1-2H3,(H,34,36)/b25-13-. The van der Waals surface area contributed by atoms with Crippen molar-refractivity contribution in [3.63, 3.8) is 0 Å². The molecule has 13 heteroatoms. The van der Waals surface area contributed by atoms with Crippen LogP contribution in [0.5, 0.6) is 17.2 Å². The van der Waals surface area contributed by atoms with Gasteiger partial charge in [0.25, 0.3) is 11.1 Å². The fourth-order valence-electron chi connectivity index (χ4n) is 3.88. The molecule has 0 atom stereocenters. The van der Waals surface area contributed by atoms with Gasteiger partial charge in [-0.2, -0.15) is 13.2 Å². The van der Waals surface area contributed by atoms with Crippen LogP contribution in [-0.4, -0.2) is 42.2 Å². The molecule has 0 saturated carbocycles. The molecule has 1 aliphatic heterocycles. The number of imide groups is 1. The number of rotatable bonds is 10. The van der Waals surface area contributed by atoms with Crippen LogP contribution in [0.2, 0.25) is 0 Å². The van der Waals surface area contributed by atoms with Crippen molar-refractivity contribution in [2.45, 2.75) is 19.7 Å². The van der Waals surface area contributed by atoms with E-state index in [1.54, 1.807) is 43.3 Å². The summed E-state index contributed by atoms with van der Waals surface area (Å²) in [6, 6.07) is 13.5. The zero-order chi connectivity index (χ0) is 30.4. The first-order chi connectivity index (χ1) is 20.0. The summed E-state index contributed by atoms with van der Waals surface area (Å²) in [5.41, 5.74) is -0.433. The number of anilines is 1. The molecule has 0 radical (unpaired) electrons. The summed E-state index contributed by atoms with van der Waals surface area (Å²) in [6.45, 7) is 1.29. The van der Waals surface area contributed by atoms with E-state index in [0.29, 0.717) is 52.0 Å². The van der Waals surface area contributed by atoms with Gasteiger partial charge in [0, 0.05) is 5.56 Å². The number of alkyl halides is 3. The second-order valence-electron chi connectivity index (χ2n) is 8.75. The predicted molar refractivity (Wildman–Crippen MR) is 148 cm³/mol. The summed E-state index contributed by atoms with van der Waals surface area (Å²) in [6.07, 6.45) is -3.23. The number of ether oxygens (including phenoxy) is 3. The van der Waals surface area contributed by atoms with E-state index in [1.807, 2.05) is 0 Å². The molecule has 3 aromatic rings. The van der Waals surface area contributed by atoms with Crippen molar-refractivity contribution in [3.8, 4) is 17.2 Å². The van der Waals surface area contributed by atoms with Crippen LogP contribution in [-0.2, 0) is 22.4 Å². The van der Waals surface area contributed by atoms with E-state index in [4.69, 9.17) is 14.2 Å². The lowest BCUT2D eigenvalue weighted by Crippen LogP contribution is -2.36. The minimum absolute atomic E-state index is 0.0203. The van der Waals surface area contributed by atoms with Crippen molar-refractivity contribution in [1.82, 2.24) is 4.90 Å². The van der Waals surface area contributed by atoms with Crippen LogP contribution in [0.15, 0.2) is 65.6 Å². The number of nitrogens with zero attached hydrogens (tertiary/aromatic N) is 1. The number of nitrogens with one attached hydrogen (secondary N) is 1. The van der Waals surface area contributed by atoms with Gasteiger partial charge < -0.3 is 19.5 Å². The van der Waals surface area contributed by atoms with Crippen molar-refractivity contribution in [2.24, 2.45) is 0 Å². The molecule has 8 nitrogen and oxygen atoms in total. The normalized spacial score (nSPS) is 14.3. The van der Waals surface area contributed by atoms with Gasteiger partial charge >= 0.3 is 6.18 Å². The Morgan fingerprint density at radius 1 is 1.00 bits per heavy atom. The third-order valence-electron chi connectivity index (χ3n) is 5.88. The number of hydrogen-bond acceptors (Lipinski definition) is 7. The Bertz CT molecular complexity index is 1540. The van der Waals surface area contributed by atoms with Gasteiger partial charge in [-0.3, -0.25) is 19.3 Å². The molecule has 1 N–H and O–H groups in total. The third-order valence-corrected chi connectivity index (χ3v) is 6.79. The van der Waals surface area contributed by atoms with Crippen molar-refractivity contribution in [3.05, 3.63) is 88.1 Å². The molecule has 1 saturated heterocycles. The van der Waals surface area contributed by atoms with Crippen LogP contribution < -0.4 is 19.5 Å². The molecular formula is C29H24F4N2O6S. The number of halogens is 4. The average molecular weight is 605 g/mol. The molecule has 1 fully saturated rings. The van der Waals surface area contributed by atoms with Gasteiger partial charge in [0.15, 0.2) is 11.5 Å². The highest BCUT2D eigenvalue weighted by atomic mass is 32.2. The van der Waals surface area contributed by atoms with E-state index in [-0.39, 0.29) is 22.9 Å². The summed E-state index contributed by atoms with van der Waals surface area (Å²) < 4.78 is 69.7. The summed E-state index contributed by atoms with van der Waals surface area (Å²) >= 11 is 0.602. The van der Waals surface area contributed by atoms with E-state index < -0.39 is 41.2 Å². The van der Waals surface area contributed by atoms with E-state index >= 15 is 0 Å². The molecule has 0 aliphatic carbocycles. The van der Waals surface area contributed by atoms with Gasteiger partial charge in [-0.15, -0.1) is 0 Å². The van der Waals surface area contributed by atoms with Gasteiger partial charge in [-0.1, -0.05) is 24.3 Å². The lowest BCUT2D eigenvalue weighted by Gasteiger charge is -2.16. The zero-order valence-corrected chi connectivity index (χ0v) is 23.1. The number of thioether (sulfide) groups is 1. The Morgan fingerprint density at radius 2 is 1.74 bits per heavy atom. The molecule has 1 aliphatic rings. The highest BCUT2D eigenvalue weighted by Crippen LogP contribution is 2.37. The fraction of sp³-hybridized carbons (Fsp3) is 0.207. The topological polar surface area (TPSA) is 94.2 Å². The Labute approximate surface area is 242 Å². The minimum atomic E-state index is -4.66. The van der Waals surface area contributed by atoms with Crippen LogP contribution in [0, 0.1) is 5.82 Å². The predicted octanol–water partition coefficient (Wildman–Crippen LogP) is 6.51. The summed E-state index contributed by atoms with van der Waals surface area (Å²) in [7, 11) is 1.22. The minimum Gasteiger partial charge on any atom is -0.495 e. The van der Waals surface area contributed by atoms with Crippen LogP contribution in [0.1, 0.15) is 23.6 Å². The maximum atomic E-state index is 14.0. The fourth-order valence-corrected chi connectivity index (χ4v) is 4.71. The van der Waals surface area contributed by atoms with E-state index in [0.717, 1.165) is 12.1 Å².